The van der Waals surface area contributed by atoms with Crippen LogP contribution < -0.4 is 0 Å². The molecule has 0 saturated carbocycles. The van der Waals surface area contributed by atoms with E-state index in [0.29, 0.717) is 25.7 Å². The Labute approximate surface area is 581 Å². The summed E-state index contributed by atoms with van der Waals surface area (Å²) in [5, 5.41) is 10.6. The molecule has 0 bridgehead atoms. The van der Waals surface area contributed by atoms with Gasteiger partial charge in [0.05, 0.1) is 26.4 Å². The van der Waals surface area contributed by atoms with Crippen LogP contribution in [-0.4, -0.2) is 96.7 Å². The smallest absolute Gasteiger partial charge is 0.462 e. The lowest BCUT2D eigenvalue weighted by atomic mass is 10.0. The van der Waals surface area contributed by atoms with Gasteiger partial charge in [-0.1, -0.05) is 349 Å². The fourth-order valence-electron chi connectivity index (χ4n) is 11.7. The van der Waals surface area contributed by atoms with E-state index in [-0.39, 0.29) is 25.7 Å². The van der Waals surface area contributed by atoms with E-state index >= 15 is 0 Å². The number of unbranched alkanes of at least 4 members (excludes halogenated alkanes) is 48. The van der Waals surface area contributed by atoms with Crippen molar-refractivity contribution in [1.29, 1.82) is 0 Å². The highest BCUT2D eigenvalue weighted by molar-refractivity contribution is 7.47. The van der Waals surface area contributed by atoms with Gasteiger partial charge in [-0.05, 0) is 31.6 Å². The van der Waals surface area contributed by atoms with Crippen LogP contribution in [0.25, 0.3) is 0 Å². The third kappa shape index (κ3) is 70.3. The molecule has 19 heteroatoms. The van der Waals surface area contributed by atoms with Gasteiger partial charge in [0.2, 0.25) is 0 Å². The van der Waals surface area contributed by atoms with E-state index in [1.165, 1.54) is 225 Å². The molecule has 0 radical (unpaired) electrons. The van der Waals surface area contributed by atoms with Crippen LogP contribution in [0.1, 0.15) is 401 Å². The summed E-state index contributed by atoms with van der Waals surface area (Å²) in [5.41, 5.74) is 0. The third-order valence-electron chi connectivity index (χ3n) is 17.8. The van der Waals surface area contributed by atoms with Crippen molar-refractivity contribution in [1.82, 2.24) is 0 Å². The first-order chi connectivity index (χ1) is 46.0. The van der Waals surface area contributed by atoms with Crippen LogP contribution >= 0.6 is 15.6 Å². The standard InChI is InChI=1S/C76H148O17P2/c1-6-9-12-15-18-21-23-25-27-29-31-33-35-37-40-46-51-56-61-75(80)92-71(66-87-74(79)60-55-50-45-39-36-34-32-30-28-26-24-22-19-16-13-10-7-2)67-90-94(82,83)88-63-70(77)64-89-95(84,85)91-68-72(65-86-73(78)59-54-49-44-38-20-17-14-11-8-3)93-76(81)62-57-52-47-42-41-43-48-53-58-69(4)5/h69-72,77H,6-68H2,1-5H3,(H,82,83)(H,84,85)/t70-,71-,72-/m1/s1. The topological polar surface area (TPSA) is 237 Å². The molecule has 0 aromatic heterocycles. The number of carbonyl (C=O) groups excluding carboxylic acids is 4. The average molecular weight is 1400 g/mol. The van der Waals surface area contributed by atoms with Gasteiger partial charge in [-0.3, -0.25) is 37.3 Å². The Bertz CT molecular complexity index is 1820. The molecule has 0 amide bonds. The van der Waals surface area contributed by atoms with E-state index in [1.807, 2.05) is 0 Å². The Balaban J connectivity index is 5.21. The van der Waals surface area contributed by atoms with Crippen molar-refractivity contribution in [3.63, 3.8) is 0 Å². The van der Waals surface area contributed by atoms with E-state index in [2.05, 4.69) is 34.6 Å². The van der Waals surface area contributed by atoms with Gasteiger partial charge in [-0.25, -0.2) is 9.13 Å². The van der Waals surface area contributed by atoms with Gasteiger partial charge in [0.15, 0.2) is 12.2 Å². The summed E-state index contributed by atoms with van der Waals surface area (Å²) in [6.45, 7) is 7.24. The maximum atomic E-state index is 13.1. The molecule has 0 saturated heterocycles. The molecule has 0 aliphatic carbocycles. The van der Waals surface area contributed by atoms with Gasteiger partial charge in [-0.2, -0.15) is 0 Å². The van der Waals surface area contributed by atoms with Crippen molar-refractivity contribution >= 4 is 39.5 Å². The number of phosphoric acid groups is 2. The highest BCUT2D eigenvalue weighted by Crippen LogP contribution is 2.45. The number of rotatable bonds is 76. The minimum atomic E-state index is -4.96. The second-order valence-electron chi connectivity index (χ2n) is 27.9. The maximum absolute atomic E-state index is 13.1. The van der Waals surface area contributed by atoms with Gasteiger partial charge in [-0.15, -0.1) is 0 Å². The number of hydrogen-bond acceptors (Lipinski definition) is 15. The molecule has 0 aliphatic rings. The summed E-state index contributed by atoms with van der Waals surface area (Å²) in [6.07, 6.45) is 58.4. The molecule has 5 atom stereocenters. The molecule has 3 N–H and O–H groups in total. The second-order valence-corrected chi connectivity index (χ2v) is 30.8. The summed E-state index contributed by atoms with van der Waals surface area (Å²) in [4.78, 5) is 72.7. The fourth-order valence-corrected chi connectivity index (χ4v) is 13.3. The number of hydrogen-bond donors (Lipinski definition) is 3. The van der Waals surface area contributed by atoms with Gasteiger partial charge >= 0.3 is 39.5 Å². The lowest BCUT2D eigenvalue weighted by Gasteiger charge is -2.21. The Morgan fingerprint density at radius 3 is 0.716 bits per heavy atom. The van der Waals surface area contributed by atoms with E-state index in [9.17, 15) is 43.2 Å². The van der Waals surface area contributed by atoms with Crippen LogP contribution in [0.3, 0.4) is 0 Å². The summed E-state index contributed by atoms with van der Waals surface area (Å²) in [7, 11) is -9.91. The normalized spacial score (nSPS) is 13.9. The van der Waals surface area contributed by atoms with E-state index < -0.39 is 97.5 Å². The fraction of sp³-hybridized carbons (Fsp3) is 0.947. The quantitative estimate of drug-likeness (QED) is 0.0222. The van der Waals surface area contributed by atoms with Crippen LogP contribution in [-0.2, 0) is 65.4 Å². The lowest BCUT2D eigenvalue weighted by Crippen LogP contribution is -2.30. The van der Waals surface area contributed by atoms with Crippen molar-refractivity contribution in [3.8, 4) is 0 Å². The molecule has 0 aliphatic heterocycles. The molecular weight excluding hydrogens is 1250 g/mol. The van der Waals surface area contributed by atoms with Gasteiger partial charge in [0, 0.05) is 25.7 Å². The molecule has 564 valence electrons. The van der Waals surface area contributed by atoms with Crippen LogP contribution in [0.2, 0.25) is 0 Å². The largest absolute Gasteiger partial charge is 0.472 e. The Hall–Kier alpha value is -1.94. The summed E-state index contributed by atoms with van der Waals surface area (Å²) >= 11 is 0. The molecule has 0 spiro atoms. The number of aliphatic hydroxyl groups excluding tert-OH is 1. The molecule has 0 aromatic carbocycles. The van der Waals surface area contributed by atoms with E-state index in [4.69, 9.17) is 37.0 Å². The zero-order valence-electron chi connectivity index (χ0n) is 61.8. The third-order valence-corrected chi connectivity index (χ3v) is 19.7. The minimum Gasteiger partial charge on any atom is -0.462 e. The first-order valence-electron chi connectivity index (χ1n) is 39.6. The van der Waals surface area contributed by atoms with Gasteiger partial charge in [0.25, 0.3) is 0 Å². The summed E-state index contributed by atoms with van der Waals surface area (Å²) < 4.78 is 68.5. The van der Waals surface area contributed by atoms with Gasteiger partial charge in [0.1, 0.15) is 19.3 Å². The van der Waals surface area contributed by atoms with Gasteiger partial charge < -0.3 is 33.8 Å². The molecule has 2 unspecified atom stereocenters. The zero-order valence-corrected chi connectivity index (χ0v) is 63.6. The number of carbonyl (C=O) groups is 4. The monoisotopic (exact) mass is 1400 g/mol. The molecule has 0 aromatic rings. The molecule has 0 fully saturated rings. The number of ether oxygens (including phenoxy) is 4. The number of phosphoric ester groups is 2. The Morgan fingerprint density at radius 2 is 0.484 bits per heavy atom. The molecule has 0 heterocycles. The number of esters is 4. The van der Waals surface area contributed by atoms with Crippen molar-refractivity contribution in [3.05, 3.63) is 0 Å². The van der Waals surface area contributed by atoms with E-state index in [0.717, 1.165) is 95.8 Å². The highest BCUT2D eigenvalue weighted by Gasteiger charge is 2.30. The first-order valence-corrected chi connectivity index (χ1v) is 42.6. The predicted octanol–water partition coefficient (Wildman–Crippen LogP) is 22.5. The van der Waals surface area contributed by atoms with Crippen LogP contribution in [0.5, 0.6) is 0 Å². The molecular formula is C76H148O17P2. The molecule has 17 nitrogen and oxygen atoms in total. The zero-order chi connectivity index (χ0) is 69.8. The minimum absolute atomic E-state index is 0.105. The summed E-state index contributed by atoms with van der Waals surface area (Å²) in [6, 6.07) is 0. The Morgan fingerprint density at radius 1 is 0.284 bits per heavy atom. The summed E-state index contributed by atoms with van der Waals surface area (Å²) in [5.74, 6) is -1.40. The predicted molar refractivity (Wildman–Crippen MR) is 386 cm³/mol. The lowest BCUT2D eigenvalue weighted by molar-refractivity contribution is -0.161. The van der Waals surface area contributed by atoms with Crippen LogP contribution in [0.15, 0.2) is 0 Å². The Kier molecular flexibility index (Phi) is 67.7. The first kappa shape index (κ1) is 93.1. The molecule has 95 heavy (non-hydrogen) atoms. The second kappa shape index (κ2) is 69.2. The number of aliphatic hydroxyl groups is 1. The van der Waals surface area contributed by atoms with Crippen molar-refractivity contribution in [2.45, 2.75) is 419 Å². The van der Waals surface area contributed by atoms with Crippen molar-refractivity contribution in [2.75, 3.05) is 39.6 Å². The molecule has 0 rings (SSSR count). The average Bonchev–Trinajstić information content (AvgIpc) is 1.52. The van der Waals surface area contributed by atoms with Crippen LogP contribution in [0.4, 0.5) is 0 Å². The van der Waals surface area contributed by atoms with E-state index in [1.54, 1.807) is 0 Å². The SMILES string of the molecule is CCCCCCCCCCCCCCCCCCCCC(=O)O[C@H](COC(=O)CCCCCCCCCCCCCCCCCCC)COP(=O)(O)OC[C@@H](O)COP(=O)(O)OC[C@@H](COC(=O)CCCCCCCCCCC)OC(=O)CCCCCCCCCCC(C)C. The maximum Gasteiger partial charge on any atom is 0.472 e. The van der Waals surface area contributed by atoms with Crippen molar-refractivity contribution < 1.29 is 80.2 Å². The van der Waals surface area contributed by atoms with Crippen molar-refractivity contribution in [2.24, 2.45) is 5.92 Å². The highest BCUT2D eigenvalue weighted by atomic mass is 31.2. The van der Waals surface area contributed by atoms with Crippen LogP contribution in [0, 0.1) is 5.92 Å².